The van der Waals surface area contributed by atoms with Crippen LogP contribution in [0.5, 0.6) is 11.5 Å². The molecular weight excluding hydrogens is 352 g/mol. The van der Waals surface area contributed by atoms with Crippen molar-refractivity contribution in [3.05, 3.63) is 40.8 Å². The lowest BCUT2D eigenvalue weighted by Gasteiger charge is -2.11. The van der Waals surface area contributed by atoms with E-state index in [1.807, 2.05) is 0 Å². The molecule has 0 saturated heterocycles. The van der Waals surface area contributed by atoms with Gasteiger partial charge in [0.1, 0.15) is 0 Å². The van der Waals surface area contributed by atoms with Gasteiger partial charge in [-0.05, 0) is 40.2 Å². The first-order valence-corrected chi connectivity index (χ1v) is 6.48. The molecular formula is C13H10BrF2NO4. The third-order valence-electron chi connectivity index (χ3n) is 2.43. The van der Waals surface area contributed by atoms with E-state index in [-0.39, 0.29) is 22.9 Å². The maximum absolute atomic E-state index is 12.3. The minimum atomic E-state index is -2.99. The highest BCUT2D eigenvalue weighted by Gasteiger charge is 2.14. The van der Waals surface area contributed by atoms with Crippen molar-refractivity contribution in [3.63, 3.8) is 0 Å². The molecule has 8 heteroatoms. The van der Waals surface area contributed by atoms with Gasteiger partial charge in [0.05, 0.1) is 7.11 Å². The van der Waals surface area contributed by atoms with E-state index in [9.17, 15) is 13.6 Å². The van der Waals surface area contributed by atoms with Gasteiger partial charge in [0.2, 0.25) is 0 Å². The molecule has 1 amide bonds. The molecule has 0 fully saturated rings. The molecule has 1 heterocycles. The summed E-state index contributed by atoms with van der Waals surface area (Å²) < 4.78 is 39.3. The van der Waals surface area contributed by atoms with Crippen molar-refractivity contribution in [2.24, 2.45) is 0 Å². The number of rotatable bonds is 5. The van der Waals surface area contributed by atoms with Crippen LogP contribution in [0, 0.1) is 0 Å². The number of anilines is 1. The third-order valence-corrected chi connectivity index (χ3v) is 2.86. The topological polar surface area (TPSA) is 60.7 Å². The van der Waals surface area contributed by atoms with Crippen LogP contribution in [0.15, 0.2) is 39.4 Å². The highest BCUT2D eigenvalue weighted by atomic mass is 79.9. The van der Waals surface area contributed by atoms with E-state index in [4.69, 9.17) is 9.15 Å². The normalized spacial score (nSPS) is 10.5. The molecule has 0 aliphatic carbocycles. The smallest absolute Gasteiger partial charge is 0.387 e. The average molecular weight is 362 g/mol. The highest BCUT2D eigenvalue weighted by molar-refractivity contribution is 9.10. The Bertz CT molecular complexity index is 645. The van der Waals surface area contributed by atoms with Crippen LogP contribution in [0.2, 0.25) is 0 Å². The van der Waals surface area contributed by atoms with Crippen molar-refractivity contribution >= 4 is 27.5 Å². The molecule has 1 N–H and O–H groups in total. The fourth-order valence-corrected chi connectivity index (χ4v) is 1.88. The van der Waals surface area contributed by atoms with Gasteiger partial charge in [-0.1, -0.05) is 0 Å². The number of furan rings is 1. The van der Waals surface area contributed by atoms with Crippen LogP contribution in [0.25, 0.3) is 0 Å². The molecule has 5 nitrogen and oxygen atoms in total. The zero-order valence-corrected chi connectivity index (χ0v) is 12.3. The predicted octanol–water partition coefficient (Wildman–Crippen LogP) is 3.90. The van der Waals surface area contributed by atoms with Gasteiger partial charge in [0.25, 0.3) is 5.91 Å². The largest absolute Gasteiger partial charge is 0.493 e. The van der Waals surface area contributed by atoms with E-state index < -0.39 is 12.5 Å². The second-order valence-electron chi connectivity index (χ2n) is 3.80. The Morgan fingerprint density at radius 2 is 2.05 bits per heavy atom. The van der Waals surface area contributed by atoms with Gasteiger partial charge < -0.3 is 19.2 Å². The fourth-order valence-electron chi connectivity index (χ4n) is 1.57. The summed E-state index contributed by atoms with van der Waals surface area (Å²) in [5.74, 6) is -0.483. The Kier molecular flexibility index (Phi) is 4.79. The van der Waals surface area contributed by atoms with Crippen molar-refractivity contribution in [2.75, 3.05) is 12.4 Å². The number of alkyl halides is 2. The number of nitrogens with one attached hydrogen (secondary N) is 1. The van der Waals surface area contributed by atoms with Crippen LogP contribution in [-0.2, 0) is 0 Å². The summed E-state index contributed by atoms with van der Waals surface area (Å²) in [7, 11) is 1.33. The van der Waals surface area contributed by atoms with Crippen molar-refractivity contribution < 1.29 is 27.5 Å². The molecule has 2 rings (SSSR count). The Labute approximate surface area is 127 Å². The zero-order valence-electron chi connectivity index (χ0n) is 10.7. The van der Waals surface area contributed by atoms with Crippen LogP contribution in [0.3, 0.4) is 0 Å². The standard InChI is InChI=1S/C13H10BrF2NO4/c1-19-8-3-2-7(6-10(8)21-13(15)16)17-12(18)9-4-5-11(14)20-9/h2-6,13H,1H3,(H,17,18). The first-order valence-electron chi connectivity index (χ1n) is 5.69. The van der Waals surface area contributed by atoms with Gasteiger partial charge in [-0.3, -0.25) is 4.79 Å². The van der Waals surface area contributed by atoms with E-state index in [0.717, 1.165) is 0 Å². The summed E-state index contributed by atoms with van der Waals surface area (Å²) in [6.45, 7) is -2.99. The number of ether oxygens (including phenoxy) is 2. The van der Waals surface area contributed by atoms with Crippen LogP contribution in [0.1, 0.15) is 10.6 Å². The van der Waals surface area contributed by atoms with Crippen LogP contribution >= 0.6 is 15.9 Å². The molecule has 0 aliphatic rings. The van der Waals surface area contributed by atoms with Gasteiger partial charge in [0, 0.05) is 11.8 Å². The summed E-state index contributed by atoms with van der Waals surface area (Å²) >= 11 is 3.08. The Morgan fingerprint density at radius 3 is 2.62 bits per heavy atom. The van der Waals surface area contributed by atoms with Crippen LogP contribution in [0.4, 0.5) is 14.5 Å². The second-order valence-corrected chi connectivity index (χ2v) is 4.58. The molecule has 0 atom stereocenters. The summed E-state index contributed by atoms with van der Waals surface area (Å²) in [5, 5.41) is 2.50. The first-order chi connectivity index (χ1) is 9.99. The van der Waals surface area contributed by atoms with Crippen molar-refractivity contribution in [1.29, 1.82) is 0 Å². The Morgan fingerprint density at radius 1 is 1.29 bits per heavy atom. The number of carbonyl (C=O) groups excluding carboxylic acids is 1. The van der Waals surface area contributed by atoms with Crippen LogP contribution in [-0.4, -0.2) is 19.6 Å². The summed E-state index contributed by atoms with van der Waals surface area (Å²) in [5.41, 5.74) is 0.268. The molecule has 2 aromatic rings. The van der Waals surface area contributed by atoms with E-state index in [1.54, 1.807) is 6.07 Å². The SMILES string of the molecule is COc1ccc(NC(=O)c2ccc(Br)o2)cc1OC(F)F. The minimum Gasteiger partial charge on any atom is -0.493 e. The molecule has 21 heavy (non-hydrogen) atoms. The van der Waals surface area contributed by atoms with E-state index >= 15 is 0 Å². The molecule has 0 unspecified atom stereocenters. The molecule has 0 bridgehead atoms. The summed E-state index contributed by atoms with van der Waals surface area (Å²) in [6.07, 6.45) is 0. The summed E-state index contributed by atoms with van der Waals surface area (Å²) in [4.78, 5) is 11.9. The first kappa shape index (κ1) is 15.3. The Hall–Kier alpha value is -2.09. The van der Waals surface area contributed by atoms with Crippen molar-refractivity contribution in [1.82, 2.24) is 0 Å². The van der Waals surface area contributed by atoms with Gasteiger partial charge in [-0.25, -0.2) is 0 Å². The molecule has 0 radical (unpaired) electrons. The minimum absolute atomic E-state index is 0.0778. The quantitative estimate of drug-likeness (QED) is 0.876. The number of carbonyl (C=O) groups is 1. The van der Waals surface area contributed by atoms with Gasteiger partial charge >= 0.3 is 6.61 Å². The maximum Gasteiger partial charge on any atom is 0.387 e. The molecule has 0 spiro atoms. The number of hydrogen-bond donors (Lipinski definition) is 1. The van der Waals surface area contributed by atoms with Crippen LogP contribution < -0.4 is 14.8 Å². The van der Waals surface area contributed by atoms with Gasteiger partial charge in [-0.15, -0.1) is 0 Å². The lowest BCUT2D eigenvalue weighted by atomic mass is 10.2. The lowest BCUT2D eigenvalue weighted by Crippen LogP contribution is -2.11. The molecule has 0 aliphatic heterocycles. The predicted molar refractivity (Wildman–Crippen MR) is 74.0 cm³/mol. The Balaban J connectivity index is 2.18. The zero-order chi connectivity index (χ0) is 15.4. The number of methoxy groups -OCH3 is 1. The number of amides is 1. The van der Waals surface area contributed by atoms with Gasteiger partial charge in [-0.2, -0.15) is 8.78 Å². The molecule has 112 valence electrons. The maximum atomic E-state index is 12.3. The number of halogens is 3. The average Bonchev–Trinajstić information content (AvgIpc) is 2.85. The van der Waals surface area contributed by atoms with E-state index in [0.29, 0.717) is 4.67 Å². The highest BCUT2D eigenvalue weighted by Crippen LogP contribution is 2.31. The van der Waals surface area contributed by atoms with E-state index in [2.05, 4.69) is 26.0 Å². The number of benzene rings is 1. The molecule has 1 aromatic heterocycles. The monoisotopic (exact) mass is 361 g/mol. The fraction of sp³-hybridized carbons (Fsp3) is 0.154. The third kappa shape index (κ3) is 3.94. The van der Waals surface area contributed by atoms with Crippen molar-refractivity contribution in [3.8, 4) is 11.5 Å². The van der Waals surface area contributed by atoms with E-state index in [1.165, 1.54) is 31.4 Å². The molecule has 0 saturated carbocycles. The van der Waals surface area contributed by atoms with Crippen molar-refractivity contribution in [2.45, 2.75) is 6.61 Å². The van der Waals surface area contributed by atoms with Gasteiger partial charge in [0.15, 0.2) is 21.9 Å². The number of hydrogen-bond acceptors (Lipinski definition) is 4. The summed E-state index contributed by atoms with van der Waals surface area (Å²) in [6, 6.07) is 7.17. The lowest BCUT2D eigenvalue weighted by molar-refractivity contribution is -0.0511. The second kappa shape index (κ2) is 6.57. The molecule has 1 aromatic carbocycles.